The molecule has 9 heteroatoms. The van der Waals surface area contributed by atoms with Crippen molar-refractivity contribution in [1.29, 1.82) is 0 Å². The Morgan fingerprint density at radius 3 is 2.14 bits per heavy atom. The van der Waals surface area contributed by atoms with Crippen LogP contribution in [0, 0.1) is 5.82 Å². The summed E-state index contributed by atoms with van der Waals surface area (Å²) in [5.41, 5.74) is 11.2. The average molecular weight is 395 g/mol. The Morgan fingerprint density at radius 1 is 1.00 bits per heavy atom. The van der Waals surface area contributed by atoms with Crippen LogP contribution >= 0.6 is 0 Å². The maximum absolute atomic E-state index is 13.0. The largest absolute Gasteiger partial charge is 0.457 e. The molecule has 1 atom stereocenters. The Labute approximate surface area is 165 Å². The van der Waals surface area contributed by atoms with Crippen molar-refractivity contribution in [1.82, 2.24) is 9.97 Å². The lowest BCUT2D eigenvalue weighted by atomic mass is 10.2. The van der Waals surface area contributed by atoms with Crippen molar-refractivity contribution in [2.45, 2.75) is 13.0 Å². The Morgan fingerprint density at radius 2 is 1.59 bits per heavy atom. The third-order valence-electron chi connectivity index (χ3n) is 3.93. The zero-order valence-corrected chi connectivity index (χ0v) is 15.4. The minimum atomic E-state index is -0.736. The average Bonchev–Trinajstić information content (AvgIpc) is 2.70. The molecular formula is C20H18FN5O3. The minimum Gasteiger partial charge on any atom is -0.457 e. The van der Waals surface area contributed by atoms with Crippen LogP contribution in [-0.4, -0.2) is 27.8 Å². The lowest BCUT2D eigenvalue weighted by molar-refractivity contribution is -0.118. The van der Waals surface area contributed by atoms with E-state index in [0.29, 0.717) is 17.1 Å². The summed E-state index contributed by atoms with van der Waals surface area (Å²) in [5, 5.41) is 2.81. The van der Waals surface area contributed by atoms with Gasteiger partial charge in [-0.15, -0.1) is 0 Å². The Bertz CT molecular complexity index is 1040. The maximum Gasteiger partial charge on any atom is 0.267 e. The number of halogens is 1. The lowest BCUT2D eigenvalue weighted by Gasteiger charge is -2.13. The Hall–Kier alpha value is -4.01. The molecule has 5 N–H and O–H groups in total. The molecular weight excluding hydrogens is 377 g/mol. The van der Waals surface area contributed by atoms with Crippen LogP contribution in [0.4, 0.5) is 10.2 Å². The summed E-state index contributed by atoms with van der Waals surface area (Å²) in [6.07, 6.45) is 0. The summed E-state index contributed by atoms with van der Waals surface area (Å²) in [5.74, 6) is -0.192. The number of rotatable bonds is 7. The third-order valence-corrected chi connectivity index (χ3v) is 3.93. The SMILES string of the molecule is C[C@@H](Nc1cc(C(N)=O)nc(-c2ccc(Oc3ccc(F)cc3)cc2)n1)C(N)=O. The van der Waals surface area contributed by atoms with Crippen LogP contribution in [0.2, 0.25) is 0 Å². The quantitative estimate of drug-likeness (QED) is 0.563. The van der Waals surface area contributed by atoms with Crippen molar-refractivity contribution in [3.8, 4) is 22.9 Å². The molecule has 0 aliphatic carbocycles. The third kappa shape index (κ3) is 5.04. The number of carbonyl (C=O) groups excluding carboxylic acids is 2. The van der Waals surface area contributed by atoms with Crippen LogP contribution in [0.3, 0.4) is 0 Å². The molecule has 0 radical (unpaired) electrons. The molecule has 3 rings (SSSR count). The van der Waals surface area contributed by atoms with Crippen molar-refractivity contribution >= 4 is 17.6 Å². The number of anilines is 1. The van der Waals surface area contributed by atoms with Gasteiger partial charge >= 0.3 is 0 Å². The minimum absolute atomic E-state index is 0.0131. The first kappa shape index (κ1) is 19.7. The summed E-state index contributed by atoms with van der Waals surface area (Å²) >= 11 is 0. The number of primary amides is 2. The van der Waals surface area contributed by atoms with Gasteiger partial charge in [-0.1, -0.05) is 0 Å². The van der Waals surface area contributed by atoms with E-state index in [2.05, 4.69) is 15.3 Å². The van der Waals surface area contributed by atoms with Crippen LogP contribution in [0.15, 0.2) is 54.6 Å². The topological polar surface area (TPSA) is 133 Å². The fourth-order valence-electron chi connectivity index (χ4n) is 2.38. The second-order valence-electron chi connectivity index (χ2n) is 6.18. The number of benzene rings is 2. The van der Waals surface area contributed by atoms with E-state index < -0.39 is 17.9 Å². The second-order valence-corrected chi connectivity index (χ2v) is 6.18. The number of carbonyl (C=O) groups is 2. The summed E-state index contributed by atoms with van der Waals surface area (Å²) in [7, 11) is 0. The van der Waals surface area contributed by atoms with Gasteiger partial charge in [-0.3, -0.25) is 9.59 Å². The predicted molar refractivity (Wildman–Crippen MR) is 105 cm³/mol. The number of amides is 2. The van der Waals surface area contributed by atoms with Crippen LogP contribution in [0.1, 0.15) is 17.4 Å². The molecule has 0 unspecified atom stereocenters. The predicted octanol–water partition coefficient (Wildman–Crippen LogP) is 2.46. The van der Waals surface area contributed by atoms with Crippen molar-refractivity contribution in [3.63, 3.8) is 0 Å². The van der Waals surface area contributed by atoms with Gasteiger partial charge in [0.25, 0.3) is 5.91 Å². The molecule has 0 saturated heterocycles. The van der Waals surface area contributed by atoms with Crippen molar-refractivity contribution in [3.05, 3.63) is 66.1 Å². The van der Waals surface area contributed by atoms with Gasteiger partial charge in [0.05, 0.1) is 0 Å². The van der Waals surface area contributed by atoms with Gasteiger partial charge in [0.1, 0.15) is 34.9 Å². The second kappa shape index (κ2) is 8.34. The van der Waals surface area contributed by atoms with Gasteiger partial charge in [0.15, 0.2) is 5.82 Å². The molecule has 0 saturated carbocycles. The highest BCUT2D eigenvalue weighted by Gasteiger charge is 2.14. The van der Waals surface area contributed by atoms with Crippen LogP contribution in [-0.2, 0) is 4.79 Å². The molecule has 0 spiro atoms. The molecule has 2 amide bonds. The van der Waals surface area contributed by atoms with Gasteiger partial charge in [0, 0.05) is 11.6 Å². The number of ether oxygens (including phenoxy) is 1. The first-order valence-corrected chi connectivity index (χ1v) is 8.60. The highest BCUT2D eigenvalue weighted by Crippen LogP contribution is 2.25. The van der Waals surface area contributed by atoms with Crippen LogP contribution in [0.5, 0.6) is 11.5 Å². The molecule has 8 nitrogen and oxygen atoms in total. The lowest BCUT2D eigenvalue weighted by Crippen LogP contribution is -2.33. The van der Waals surface area contributed by atoms with Crippen molar-refractivity contribution in [2.75, 3.05) is 5.32 Å². The molecule has 29 heavy (non-hydrogen) atoms. The molecule has 0 bridgehead atoms. The van der Waals surface area contributed by atoms with Gasteiger partial charge in [0.2, 0.25) is 5.91 Å². The van der Waals surface area contributed by atoms with E-state index in [9.17, 15) is 14.0 Å². The van der Waals surface area contributed by atoms with Crippen molar-refractivity contribution < 1.29 is 18.7 Å². The van der Waals surface area contributed by atoms with E-state index in [0.717, 1.165) is 0 Å². The molecule has 0 aliphatic heterocycles. The number of nitrogens with one attached hydrogen (secondary N) is 1. The van der Waals surface area contributed by atoms with E-state index in [-0.39, 0.29) is 23.2 Å². The molecule has 1 aromatic heterocycles. The molecule has 1 heterocycles. The summed E-state index contributed by atoms with van der Waals surface area (Å²) in [6, 6.07) is 13.0. The van der Waals surface area contributed by atoms with Gasteiger partial charge in [-0.05, 0) is 55.5 Å². The zero-order valence-electron chi connectivity index (χ0n) is 15.4. The highest BCUT2D eigenvalue weighted by molar-refractivity contribution is 5.92. The normalized spacial score (nSPS) is 11.5. The maximum atomic E-state index is 13.0. The molecule has 3 aromatic rings. The van der Waals surface area contributed by atoms with E-state index in [1.54, 1.807) is 31.2 Å². The van der Waals surface area contributed by atoms with Gasteiger partial charge < -0.3 is 21.5 Å². The monoisotopic (exact) mass is 395 g/mol. The summed E-state index contributed by atoms with van der Waals surface area (Å²) in [6.45, 7) is 1.57. The van der Waals surface area contributed by atoms with E-state index in [1.807, 2.05) is 0 Å². The van der Waals surface area contributed by atoms with Crippen molar-refractivity contribution in [2.24, 2.45) is 11.5 Å². The van der Waals surface area contributed by atoms with Crippen LogP contribution < -0.4 is 21.5 Å². The standard InChI is InChI=1S/C20H18FN5O3/c1-11(18(22)27)24-17-10-16(19(23)28)25-20(26-17)12-2-6-14(7-3-12)29-15-8-4-13(21)5-9-15/h2-11H,1H3,(H2,22,27)(H2,23,28)(H,24,25,26)/t11-/m1/s1. The summed E-state index contributed by atoms with van der Waals surface area (Å²) in [4.78, 5) is 31.3. The molecule has 2 aromatic carbocycles. The number of hydrogen-bond donors (Lipinski definition) is 3. The van der Waals surface area contributed by atoms with Crippen LogP contribution in [0.25, 0.3) is 11.4 Å². The number of nitrogens with zero attached hydrogens (tertiary/aromatic N) is 2. The number of nitrogens with two attached hydrogens (primary N) is 2. The number of aromatic nitrogens is 2. The fourth-order valence-corrected chi connectivity index (χ4v) is 2.38. The Kier molecular flexibility index (Phi) is 5.68. The van der Waals surface area contributed by atoms with E-state index in [1.165, 1.54) is 30.3 Å². The highest BCUT2D eigenvalue weighted by atomic mass is 19.1. The smallest absolute Gasteiger partial charge is 0.267 e. The van der Waals surface area contributed by atoms with E-state index in [4.69, 9.17) is 16.2 Å². The van der Waals surface area contributed by atoms with Gasteiger partial charge in [-0.2, -0.15) is 0 Å². The Balaban J connectivity index is 1.86. The molecule has 148 valence electrons. The van der Waals surface area contributed by atoms with E-state index >= 15 is 0 Å². The van der Waals surface area contributed by atoms with Gasteiger partial charge in [-0.25, -0.2) is 14.4 Å². The zero-order chi connectivity index (χ0) is 21.0. The number of hydrogen-bond acceptors (Lipinski definition) is 6. The summed E-state index contributed by atoms with van der Waals surface area (Å²) < 4.78 is 18.6. The fraction of sp³-hybridized carbons (Fsp3) is 0.100. The molecule has 0 fully saturated rings. The first-order valence-electron chi connectivity index (χ1n) is 8.60. The first-order chi connectivity index (χ1) is 13.8. The molecule has 0 aliphatic rings.